The normalized spacial score (nSPS) is 10.7. The monoisotopic (exact) mass is 425 g/mol. The molecule has 0 saturated heterocycles. The molecule has 5 nitrogen and oxygen atoms in total. The number of rotatable bonds is 8. The van der Waals surface area contributed by atoms with Crippen molar-refractivity contribution in [3.8, 4) is 27.7 Å². The maximum atomic E-state index is 13.3. The highest BCUT2D eigenvalue weighted by Crippen LogP contribution is 2.46. The number of carbonyl (C=O) groups is 1. The van der Waals surface area contributed by atoms with Gasteiger partial charge in [0.2, 0.25) is 5.75 Å². The van der Waals surface area contributed by atoms with Crippen LogP contribution in [0.25, 0.3) is 10.4 Å². The maximum absolute atomic E-state index is 13.3. The molecule has 0 aliphatic heterocycles. The van der Waals surface area contributed by atoms with Crippen LogP contribution in [0.5, 0.6) is 17.2 Å². The highest BCUT2D eigenvalue weighted by atomic mass is 32.1. The Kier molecular flexibility index (Phi) is 7.00. The molecule has 30 heavy (non-hydrogen) atoms. The van der Waals surface area contributed by atoms with E-state index in [0.717, 1.165) is 16.0 Å². The minimum Gasteiger partial charge on any atom is -0.493 e. The summed E-state index contributed by atoms with van der Waals surface area (Å²) < 4.78 is 16.5. The van der Waals surface area contributed by atoms with Crippen molar-refractivity contribution in [2.24, 2.45) is 0 Å². The molecule has 0 aliphatic carbocycles. The first-order valence-corrected chi connectivity index (χ1v) is 10.6. The molecule has 1 aromatic heterocycles. The Balaban J connectivity index is 1.92. The van der Waals surface area contributed by atoms with Crippen molar-refractivity contribution in [3.63, 3.8) is 0 Å². The van der Waals surface area contributed by atoms with Gasteiger partial charge in [-0.2, -0.15) is 0 Å². The molecule has 158 valence electrons. The second kappa shape index (κ2) is 9.67. The summed E-state index contributed by atoms with van der Waals surface area (Å²) in [5.41, 5.74) is 1.97. The first-order chi connectivity index (χ1) is 14.5. The van der Waals surface area contributed by atoms with Crippen LogP contribution in [0, 0.1) is 0 Å². The summed E-state index contributed by atoms with van der Waals surface area (Å²) >= 11 is 1.44. The third-order valence-electron chi connectivity index (χ3n) is 4.87. The molecule has 0 aliphatic rings. The third kappa shape index (κ3) is 4.44. The van der Waals surface area contributed by atoms with Crippen molar-refractivity contribution in [3.05, 3.63) is 65.0 Å². The number of ether oxygens (including phenoxy) is 3. The van der Waals surface area contributed by atoms with Gasteiger partial charge in [-0.1, -0.05) is 30.3 Å². The lowest BCUT2D eigenvalue weighted by Gasteiger charge is -2.26. The van der Waals surface area contributed by atoms with Crippen LogP contribution in [0.15, 0.2) is 54.6 Å². The van der Waals surface area contributed by atoms with Crippen molar-refractivity contribution in [1.29, 1.82) is 0 Å². The molecule has 0 N–H and O–H groups in total. The fourth-order valence-corrected chi connectivity index (χ4v) is 4.29. The van der Waals surface area contributed by atoms with Crippen LogP contribution in [0.4, 0.5) is 0 Å². The summed E-state index contributed by atoms with van der Waals surface area (Å²) in [7, 11) is 4.77. The zero-order valence-corrected chi connectivity index (χ0v) is 18.8. The molecule has 1 amide bonds. The van der Waals surface area contributed by atoms with Crippen molar-refractivity contribution >= 4 is 17.2 Å². The van der Waals surface area contributed by atoms with E-state index in [1.807, 2.05) is 73.3 Å². The number of benzene rings is 2. The number of methoxy groups -OCH3 is 3. The average Bonchev–Trinajstić information content (AvgIpc) is 3.26. The Labute approximate surface area is 181 Å². The van der Waals surface area contributed by atoms with Crippen molar-refractivity contribution in [2.75, 3.05) is 21.3 Å². The zero-order chi connectivity index (χ0) is 21.7. The van der Waals surface area contributed by atoms with Crippen LogP contribution >= 0.6 is 11.3 Å². The van der Waals surface area contributed by atoms with E-state index < -0.39 is 0 Å². The Hall–Kier alpha value is -2.99. The lowest BCUT2D eigenvalue weighted by atomic mass is 10.1. The molecule has 3 rings (SSSR count). The quantitative estimate of drug-likeness (QED) is 0.479. The Morgan fingerprint density at radius 3 is 2.20 bits per heavy atom. The first kappa shape index (κ1) is 21.7. The van der Waals surface area contributed by atoms with E-state index in [1.54, 1.807) is 21.3 Å². The summed E-state index contributed by atoms with van der Waals surface area (Å²) in [5, 5.41) is 0. The molecule has 3 aromatic rings. The SMILES string of the molecule is COc1ccc(-c2ccc(C(=O)N(Cc3ccccc3)C(C)C)s2)c(OC)c1OC. The second-order valence-electron chi connectivity index (χ2n) is 7.06. The van der Waals surface area contributed by atoms with E-state index in [-0.39, 0.29) is 11.9 Å². The van der Waals surface area contributed by atoms with E-state index in [2.05, 4.69) is 0 Å². The number of carbonyl (C=O) groups excluding carboxylic acids is 1. The number of amides is 1. The molecule has 1 heterocycles. The number of nitrogens with zero attached hydrogens (tertiary/aromatic N) is 1. The number of hydrogen-bond donors (Lipinski definition) is 0. The maximum Gasteiger partial charge on any atom is 0.264 e. The summed E-state index contributed by atoms with van der Waals surface area (Å²) in [6.45, 7) is 4.64. The molecule has 0 fully saturated rings. The van der Waals surface area contributed by atoms with Crippen LogP contribution in [-0.2, 0) is 6.54 Å². The van der Waals surface area contributed by atoms with Gasteiger partial charge >= 0.3 is 0 Å². The molecular formula is C24H27NO4S. The molecule has 0 saturated carbocycles. The van der Waals surface area contributed by atoms with Gasteiger partial charge in [0.15, 0.2) is 11.5 Å². The van der Waals surface area contributed by atoms with Crippen LogP contribution < -0.4 is 14.2 Å². The van der Waals surface area contributed by atoms with E-state index >= 15 is 0 Å². The third-order valence-corrected chi connectivity index (χ3v) is 5.97. The Morgan fingerprint density at radius 2 is 1.60 bits per heavy atom. The van der Waals surface area contributed by atoms with Gasteiger partial charge in [-0.3, -0.25) is 4.79 Å². The molecular weight excluding hydrogens is 398 g/mol. The highest BCUT2D eigenvalue weighted by Gasteiger charge is 2.23. The smallest absolute Gasteiger partial charge is 0.264 e. The summed E-state index contributed by atoms with van der Waals surface area (Å²) in [5.74, 6) is 1.73. The lowest BCUT2D eigenvalue weighted by molar-refractivity contribution is 0.0695. The highest BCUT2D eigenvalue weighted by molar-refractivity contribution is 7.17. The van der Waals surface area contributed by atoms with E-state index in [9.17, 15) is 4.79 Å². The van der Waals surface area contributed by atoms with Crippen molar-refractivity contribution in [2.45, 2.75) is 26.4 Å². The predicted octanol–water partition coefficient (Wildman–Crippen LogP) is 5.49. The standard InChI is InChI=1S/C24H27NO4S/c1-16(2)25(15-17-9-7-6-8-10-17)24(26)21-14-13-20(30-21)18-11-12-19(27-3)23(29-5)22(18)28-4/h6-14,16H,15H2,1-5H3. The van der Waals surface area contributed by atoms with Gasteiger partial charge in [0.1, 0.15) is 0 Å². The van der Waals surface area contributed by atoms with Crippen LogP contribution in [-0.4, -0.2) is 38.2 Å². The van der Waals surface area contributed by atoms with Gasteiger partial charge in [-0.05, 0) is 43.7 Å². The van der Waals surface area contributed by atoms with Gasteiger partial charge in [-0.25, -0.2) is 0 Å². The van der Waals surface area contributed by atoms with Gasteiger partial charge < -0.3 is 19.1 Å². The predicted molar refractivity (Wildman–Crippen MR) is 121 cm³/mol. The molecule has 0 radical (unpaired) electrons. The molecule has 0 spiro atoms. The van der Waals surface area contributed by atoms with Crippen molar-refractivity contribution < 1.29 is 19.0 Å². The van der Waals surface area contributed by atoms with Gasteiger partial charge in [0, 0.05) is 23.0 Å². The van der Waals surface area contributed by atoms with Gasteiger partial charge in [0.25, 0.3) is 5.91 Å². The van der Waals surface area contributed by atoms with Crippen LogP contribution in [0.3, 0.4) is 0 Å². The van der Waals surface area contributed by atoms with Crippen LogP contribution in [0.2, 0.25) is 0 Å². The van der Waals surface area contributed by atoms with E-state index in [1.165, 1.54) is 11.3 Å². The fourth-order valence-electron chi connectivity index (χ4n) is 3.30. The Bertz CT molecular complexity index is 998. The minimum atomic E-state index is 0.0181. The topological polar surface area (TPSA) is 48.0 Å². The molecule has 0 unspecified atom stereocenters. The molecule has 6 heteroatoms. The van der Waals surface area contributed by atoms with E-state index in [0.29, 0.717) is 28.7 Å². The molecule has 2 aromatic carbocycles. The van der Waals surface area contributed by atoms with Crippen molar-refractivity contribution in [1.82, 2.24) is 4.90 Å². The van der Waals surface area contributed by atoms with Gasteiger partial charge in [-0.15, -0.1) is 11.3 Å². The van der Waals surface area contributed by atoms with Gasteiger partial charge in [0.05, 0.1) is 26.2 Å². The average molecular weight is 426 g/mol. The second-order valence-corrected chi connectivity index (χ2v) is 8.14. The number of hydrogen-bond acceptors (Lipinski definition) is 5. The van der Waals surface area contributed by atoms with Crippen LogP contribution in [0.1, 0.15) is 29.1 Å². The Morgan fingerprint density at radius 1 is 0.900 bits per heavy atom. The molecule has 0 atom stereocenters. The molecule has 0 bridgehead atoms. The summed E-state index contributed by atoms with van der Waals surface area (Å²) in [4.78, 5) is 16.8. The van der Waals surface area contributed by atoms with E-state index in [4.69, 9.17) is 14.2 Å². The zero-order valence-electron chi connectivity index (χ0n) is 18.0. The largest absolute Gasteiger partial charge is 0.493 e. The first-order valence-electron chi connectivity index (χ1n) is 9.74. The minimum absolute atomic E-state index is 0.0181. The summed E-state index contributed by atoms with van der Waals surface area (Å²) in [6, 6.07) is 17.7. The number of thiophene rings is 1. The fraction of sp³-hybridized carbons (Fsp3) is 0.292. The lowest BCUT2D eigenvalue weighted by Crippen LogP contribution is -2.35. The summed E-state index contributed by atoms with van der Waals surface area (Å²) in [6.07, 6.45) is 0.